The maximum Gasteiger partial charge on any atom is 0.410 e. The third kappa shape index (κ3) is 2.95. The third-order valence-corrected chi connectivity index (χ3v) is 4.70. The van der Waals surface area contributed by atoms with Crippen LogP contribution in [0.4, 0.5) is 4.79 Å². The van der Waals surface area contributed by atoms with Gasteiger partial charge in [-0.2, -0.15) is 0 Å². The first-order valence-electron chi connectivity index (χ1n) is 8.00. The number of pyridine rings is 1. The third-order valence-electron chi connectivity index (χ3n) is 4.31. The number of hydrogen-bond donors (Lipinski definition) is 0. The van der Waals surface area contributed by atoms with E-state index < -0.39 is 17.2 Å². The molecule has 3 rings (SSSR count). The van der Waals surface area contributed by atoms with E-state index in [9.17, 15) is 9.59 Å². The van der Waals surface area contributed by atoms with Gasteiger partial charge in [0.05, 0.1) is 22.0 Å². The molecule has 0 N–H and O–H groups in total. The molecule has 24 heavy (non-hydrogen) atoms. The molecule has 1 aromatic heterocycles. The molecular weight excluding hydrogens is 332 g/mol. The van der Waals surface area contributed by atoms with Gasteiger partial charge in [-0.1, -0.05) is 11.6 Å². The molecule has 1 fully saturated rings. The van der Waals surface area contributed by atoms with E-state index in [0.29, 0.717) is 47.9 Å². The second-order valence-corrected chi connectivity index (χ2v) is 7.71. The summed E-state index contributed by atoms with van der Waals surface area (Å²) < 4.78 is 11.1. The Morgan fingerprint density at radius 3 is 2.58 bits per heavy atom. The van der Waals surface area contributed by atoms with Crippen LogP contribution in [0.15, 0.2) is 6.07 Å². The topological polar surface area (TPSA) is 68.7 Å². The molecule has 2 aliphatic rings. The maximum atomic E-state index is 12.2. The van der Waals surface area contributed by atoms with Gasteiger partial charge in [-0.3, -0.25) is 4.98 Å². The SMILES string of the molecule is Cc1nc2c(cc1Cl)C(=O)OC21CCN(C(=O)OC(C)(C)C)CC1. The lowest BCUT2D eigenvalue weighted by molar-refractivity contribution is -0.0487. The molecule has 0 unspecified atom stereocenters. The number of ether oxygens (including phenoxy) is 2. The quantitative estimate of drug-likeness (QED) is 0.669. The zero-order valence-electron chi connectivity index (χ0n) is 14.3. The fourth-order valence-corrected chi connectivity index (χ4v) is 3.23. The molecule has 130 valence electrons. The molecule has 0 atom stereocenters. The highest BCUT2D eigenvalue weighted by atomic mass is 35.5. The summed E-state index contributed by atoms with van der Waals surface area (Å²) in [4.78, 5) is 30.5. The molecule has 3 heterocycles. The van der Waals surface area contributed by atoms with E-state index in [1.54, 1.807) is 17.9 Å². The minimum absolute atomic E-state index is 0.345. The summed E-state index contributed by atoms with van der Waals surface area (Å²) in [7, 11) is 0. The van der Waals surface area contributed by atoms with E-state index in [1.807, 2.05) is 20.8 Å². The fraction of sp³-hybridized carbons (Fsp3) is 0.588. The highest BCUT2D eigenvalue weighted by Crippen LogP contribution is 2.44. The smallest absolute Gasteiger partial charge is 0.410 e. The van der Waals surface area contributed by atoms with Gasteiger partial charge in [-0.15, -0.1) is 0 Å². The maximum absolute atomic E-state index is 12.2. The highest BCUT2D eigenvalue weighted by molar-refractivity contribution is 6.31. The van der Waals surface area contributed by atoms with Gasteiger partial charge < -0.3 is 14.4 Å². The second kappa shape index (κ2) is 5.62. The Labute approximate surface area is 146 Å². The number of amides is 1. The Balaban J connectivity index is 1.79. The van der Waals surface area contributed by atoms with Crippen LogP contribution in [0.5, 0.6) is 0 Å². The number of rotatable bonds is 0. The molecule has 1 amide bonds. The minimum Gasteiger partial charge on any atom is -0.449 e. The molecule has 1 spiro atoms. The molecule has 0 bridgehead atoms. The standard InChI is InChI=1S/C17H21ClN2O4/c1-10-12(18)9-11-13(19-10)17(23-14(11)21)5-7-20(8-6-17)15(22)24-16(2,3)4/h9H,5-8H2,1-4H3. The van der Waals surface area contributed by atoms with Crippen LogP contribution in [0.25, 0.3) is 0 Å². The number of likely N-dealkylation sites (tertiary alicyclic amines) is 1. The summed E-state index contributed by atoms with van der Waals surface area (Å²) in [5.74, 6) is -0.398. The van der Waals surface area contributed by atoms with Gasteiger partial charge in [-0.05, 0) is 33.8 Å². The number of aromatic nitrogens is 1. The van der Waals surface area contributed by atoms with Crippen LogP contribution in [0, 0.1) is 6.92 Å². The van der Waals surface area contributed by atoms with Crippen molar-refractivity contribution in [2.24, 2.45) is 0 Å². The van der Waals surface area contributed by atoms with Gasteiger partial charge in [-0.25, -0.2) is 9.59 Å². The van der Waals surface area contributed by atoms with E-state index in [4.69, 9.17) is 21.1 Å². The van der Waals surface area contributed by atoms with Gasteiger partial charge in [0.1, 0.15) is 5.60 Å². The molecule has 0 aromatic carbocycles. The van der Waals surface area contributed by atoms with Crippen LogP contribution in [0.3, 0.4) is 0 Å². The van der Waals surface area contributed by atoms with Crippen LogP contribution in [-0.2, 0) is 15.1 Å². The predicted octanol–water partition coefficient (Wildman–Crippen LogP) is 3.44. The zero-order chi connectivity index (χ0) is 17.7. The van der Waals surface area contributed by atoms with Gasteiger partial charge >= 0.3 is 12.1 Å². The van der Waals surface area contributed by atoms with E-state index in [0.717, 1.165) is 0 Å². The molecule has 7 heteroatoms. The fourth-order valence-electron chi connectivity index (χ4n) is 3.08. The van der Waals surface area contributed by atoms with Gasteiger partial charge in [0.15, 0.2) is 5.60 Å². The summed E-state index contributed by atoms with van der Waals surface area (Å²) in [5.41, 5.74) is 0.436. The van der Waals surface area contributed by atoms with Gasteiger partial charge in [0.2, 0.25) is 0 Å². The van der Waals surface area contributed by atoms with Crippen molar-refractivity contribution in [3.05, 3.63) is 28.0 Å². The number of nitrogens with zero attached hydrogens (tertiary/aromatic N) is 2. The van der Waals surface area contributed by atoms with Crippen molar-refractivity contribution in [3.63, 3.8) is 0 Å². The molecule has 1 saturated heterocycles. The Bertz CT molecular complexity index is 703. The lowest BCUT2D eigenvalue weighted by Gasteiger charge is -2.38. The lowest BCUT2D eigenvalue weighted by Crippen LogP contribution is -2.47. The number of aryl methyl sites for hydroxylation is 1. The minimum atomic E-state index is -0.764. The van der Waals surface area contributed by atoms with Crippen LogP contribution in [0.2, 0.25) is 5.02 Å². The van der Waals surface area contributed by atoms with Crippen molar-refractivity contribution in [2.75, 3.05) is 13.1 Å². The summed E-state index contributed by atoms with van der Waals surface area (Å²) >= 11 is 6.07. The Morgan fingerprint density at radius 1 is 1.38 bits per heavy atom. The number of carbonyl (C=O) groups excluding carboxylic acids is 2. The van der Waals surface area contributed by atoms with Crippen LogP contribution in [-0.4, -0.2) is 40.6 Å². The van der Waals surface area contributed by atoms with Gasteiger partial charge in [0.25, 0.3) is 0 Å². The highest BCUT2D eigenvalue weighted by Gasteiger charge is 2.50. The first kappa shape index (κ1) is 17.0. The number of carbonyl (C=O) groups is 2. The van der Waals surface area contributed by atoms with E-state index in [1.165, 1.54) is 0 Å². The Kier molecular flexibility index (Phi) is 3.98. The zero-order valence-corrected chi connectivity index (χ0v) is 15.1. The van der Waals surface area contributed by atoms with Crippen molar-refractivity contribution in [3.8, 4) is 0 Å². The first-order valence-corrected chi connectivity index (χ1v) is 8.38. The largest absolute Gasteiger partial charge is 0.449 e. The van der Waals surface area contributed by atoms with E-state index in [-0.39, 0.29) is 6.09 Å². The molecule has 0 radical (unpaired) electrons. The second-order valence-electron chi connectivity index (χ2n) is 7.30. The molecule has 6 nitrogen and oxygen atoms in total. The number of piperidine rings is 1. The molecular formula is C17H21ClN2O4. The van der Waals surface area contributed by atoms with Crippen molar-refractivity contribution in [1.29, 1.82) is 0 Å². The Morgan fingerprint density at radius 2 is 2.00 bits per heavy atom. The van der Waals surface area contributed by atoms with Crippen molar-refractivity contribution < 1.29 is 19.1 Å². The molecule has 0 aliphatic carbocycles. The summed E-state index contributed by atoms with van der Waals surface area (Å²) in [5, 5.41) is 0.453. The lowest BCUT2D eigenvalue weighted by atomic mass is 9.87. The van der Waals surface area contributed by atoms with Gasteiger partial charge in [0, 0.05) is 25.9 Å². The summed E-state index contributed by atoms with van der Waals surface area (Å²) in [6.45, 7) is 8.20. The summed E-state index contributed by atoms with van der Waals surface area (Å²) in [6, 6.07) is 1.62. The average Bonchev–Trinajstić information content (AvgIpc) is 2.71. The molecule has 1 aromatic rings. The van der Waals surface area contributed by atoms with Crippen molar-refractivity contribution in [1.82, 2.24) is 9.88 Å². The number of fused-ring (bicyclic) bond motifs is 2. The van der Waals surface area contributed by atoms with Crippen LogP contribution >= 0.6 is 11.6 Å². The van der Waals surface area contributed by atoms with E-state index in [2.05, 4.69) is 4.98 Å². The molecule has 2 aliphatic heterocycles. The van der Waals surface area contributed by atoms with E-state index >= 15 is 0 Å². The number of halogens is 1. The van der Waals surface area contributed by atoms with Crippen molar-refractivity contribution in [2.45, 2.75) is 51.7 Å². The first-order chi connectivity index (χ1) is 11.1. The monoisotopic (exact) mass is 352 g/mol. The normalized spacial score (nSPS) is 19.2. The van der Waals surface area contributed by atoms with Crippen molar-refractivity contribution >= 4 is 23.7 Å². The van der Waals surface area contributed by atoms with Crippen LogP contribution in [0.1, 0.15) is 55.4 Å². The summed E-state index contributed by atoms with van der Waals surface area (Å²) in [6.07, 6.45) is 0.653. The average molecular weight is 353 g/mol. The van der Waals surface area contributed by atoms with Crippen LogP contribution < -0.4 is 0 Å². The predicted molar refractivity (Wildman–Crippen MR) is 88.1 cm³/mol. The molecule has 0 saturated carbocycles. The number of hydrogen-bond acceptors (Lipinski definition) is 5. The number of esters is 1. The Hall–Kier alpha value is -1.82.